The number of hydrogen-bond donors (Lipinski definition) is 0. The van der Waals surface area contributed by atoms with Crippen molar-refractivity contribution in [2.45, 2.75) is 4.84 Å². The first-order chi connectivity index (χ1) is 2.27. The Bertz CT molecular complexity index is 50.4. The van der Waals surface area contributed by atoms with Crippen molar-refractivity contribution in [3.63, 3.8) is 0 Å². The van der Waals surface area contributed by atoms with Crippen LogP contribution in [0.5, 0.6) is 0 Å². The average Bonchev–Trinajstić information content (AvgIpc) is 1.38. The van der Waals surface area contributed by atoms with Crippen LogP contribution in [0.15, 0.2) is 0 Å². The number of alkyl halides is 2. The summed E-state index contributed by atoms with van der Waals surface area (Å²) in [5.74, 6) is 1.81. The summed E-state index contributed by atoms with van der Waals surface area (Å²) in [6, 6.07) is 0. The Balaban J connectivity index is 2.94. The lowest BCUT2D eigenvalue weighted by atomic mass is 10.8. The van der Waals surface area contributed by atoms with Crippen LogP contribution < -0.4 is 0 Å². The molecule has 0 aliphatic rings. The number of rotatable bonds is 0. The fourth-order valence-corrected chi connectivity index (χ4v) is 0. The van der Waals surface area contributed by atoms with Gasteiger partial charge in [0.1, 0.15) is 0 Å². The molecule has 0 aromatic heterocycles. The zero-order chi connectivity index (χ0) is 4.28. The molecule has 0 rings (SSSR count). The molecule has 2 heteroatoms. The van der Waals surface area contributed by atoms with E-state index >= 15 is 0 Å². The van der Waals surface area contributed by atoms with Crippen molar-refractivity contribution >= 4 is 23.2 Å². The van der Waals surface area contributed by atoms with Crippen molar-refractivity contribution in [1.82, 2.24) is 0 Å². The second-order valence-corrected chi connectivity index (χ2v) is 1.54. The molecule has 0 saturated heterocycles. The second-order valence-electron chi connectivity index (χ2n) is 0.445. The van der Waals surface area contributed by atoms with Gasteiger partial charge in [0.15, 0.2) is 4.84 Å². The standard InChI is InChI=1S/C3HCl2/c1-2-3(4)5/h3H. The van der Waals surface area contributed by atoms with E-state index in [4.69, 9.17) is 29.6 Å². The van der Waals surface area contributed by atoms with E-state index in [1.165, 1.54) is 0 Å². The normalized spacial score (nSPS) is 7.60. The summed E-state index contributed by atoms with van der Waals surface area (Å²) in [5, 5.41) is 0. The lowest BCUT2D eigenvalue weighted by Gasteiger charge is -1.73. The van der Waals surface area contributed by atoms with Crippen LogP contribution in [0.2, 0.25) is 0 Å². The highest BCUT2D eigenvalue weighted by molar-refractivity contribution is 6.46. The summed E-state index contributed by atoms with van der Waals surface area (Å²) in [5.41, 5.74) is 0. The molecule has 0 fully saturated rings. The first kappa shape index (κ1) is 5.14. The van der Waals surface area contributed by atoms with Crippen molar-refractivity contribution in [3.8, 4) is 5.92 Å². The van der Waals surface area contributed by atoms with Crippen LogP contribution in [0.3, 0.4) is 0 Å². The minimum absolute atomic E-state index is 0.755. The maximum atomic E-state index is 6.14. The van der Waals surface area contributed by atoms with Crippen LogP contribution in [0, 0.1) is 12.3 Å². The Morgan fingerprint density at radius 3 is 1.80 bits per heavy atom. The van der Waals surface area contributed by atoms with Gasteiger partial charge >= 0.3 is 0 Å². The lowest BCUT2D eigenvalue weighted by Crippen LogP contribution is -1.70. The molecular weight excluding hydrogens is 107 g/mol. The van der Waals surface area contributed by atoms with Crippen molar-refractivity contribution in [3.05, 3.63) is 6.42 Å². The summed E-state index contributed by atoms with van der Waals surface area (Å²) in [4.78, 5) is -0.755. The zero-order valence-electron chi connectivity index (χ0n) is 2.33. The van der Waals surface area contributed by atoms with Crippen LogP contribution in [0.1, 0.15) is 0 Å². The summed E-state index contributed by atoms with van der Waals surface area (Å²) < 4.78 is 0. The van der Waals surface area contributed by atoms with E-state index in [0.717, 1.165) is 0 Å². The lowest BCUT2D eigenvalue weighted by molar-refractivity contribution is 1.73. The minimum Gasteiger partial charge on any atom is -0.0909 e. The van der Waals surface area contributed by atoms with Gasteiger partial charge < -0.3 is 0 Å². The fraction of sp³-hybridized carbons (Fsp3) is 0.333. The third-order valence-corrected chi connectivity index (χ3v) is 0.327. The highest BCUT2D eigenvalue weighted by atomic mass is 35.5. The summed E-state index contributed by atoms with van der Waals surface area (Å²) in [7, 11) is 0. The van der Waals surface area contributed by atoms with Gasteiger partial charge in [0, 0.05) is 0 Å². The van der Waals surface area contributed by atoms with E-state index in [0.29, 0.717) is 0 Å². The molecule has 0 spiro atoms. The second kappa shape index (κ2) is 2.38. The predicted molar refractivity (Wildman–Crippen MR) is 22.6 cm³/mol. The van der Waals surface area contributed by atoms with Gasteiger partial charge in [-0.05, 0) is 6.42 Å². The van der Waals surface area contributed by atoms with Crippen molar-refractivity contribution in [2.24, 2.45) is 0 Å². The maximum absolute atomic E-state index is 6.14. The Morgan fingerprint density at radius 1 is 1.60 bits per heavy atom. The molecule has 0 amide bonds. The van der Waals surface area contributed by atoms with Crippen LogP contribution in [0.25, 0.3) is 0 Å². The van der Waals surface area contributed by atoms with Gasteiger partial charge in [-0.1, -0.05) is 29.1 Å². The Hall–Kier alpha value is 0.140. The molecule has 0 bridgehead atoms. The van der Waals surface area contributed by atoms with Crippen LogP contribution in [-0.2, 0) is 0 Å². The molecule has 0 unspecified atom stereocenters. The quantitative estimate of drug-likeness (QED) is 0.324. The first-order valence-corrected chi connectivity index (χ1v) is 1.85. The minimum atomic E-state index is -0.755. The van der Waals surface area contributed by atoms with Crippen LogP contribution >= 0.6 is 23.2 Å². The predicted octanol–water partition coefficient (Wildman–Crippen LogP) is 1.38. The fourth-order valence-electron chi connectivity index (χ4n) is 0. The molecule has 5 heavy (non-hydrogen) atoms. The molecule has 0 nitrogen and oxygen atoms in total. The molecule has 1 radical (unpaired) electrons. The van der Waals surface area contributed by atoms with Gasteiger partial charge in [0.25, 0.3) is 0 Å². The molecule has 0 aromatic rings. The molecule has 0 atom stereocenters. The summed E-state index contributed by atoms with van der Waals surface area (Å²) in [6.07, 6.45) is 6.14. The maximum Gasteiger partial charge on any atom is 0.168 e. The topological polar surface area (TPSA) is 0 Å². The summed E-state index contributed by atoms with van der Waals surface area (Å²) in [6.45, 7) is 0. The average molecular weight is 108 g/mol. The van der Waals surface area contributed by atoms with Crippen molar-refractivity contribution in [1.29, 1.82) is 0 Å². The van der Waals surface area contributed by atoms with E-state index in [2.05, 4.69) is 0 Å². The number of hydrogen-bond acceptors (Lipinski definition) is 0. The smallest absolute Gasteiger partial charge is 0.0909 e. The molecule has 0 aliphatic heterocycles. The monoisotopic (exact) mass is 107 g/mol. The molecular formula is C3HCl2. The van der Waals surface area contributed by atoms with Crippen LogP contribution in [0.4, 0.5) is 0 Å². The third kappa shape index (κ3) is 4.14. The van der Waals surface area contributed by atoms with Gasteiger partial charge in [-0.25, -0.2) is 0 Å². The molecule has 27 valence electrons. The van der Waals surface area contributed by atoms with E-state index in [1.807, 2.05) is 5.92 Å². The van der Waals surface area contributed by atoms with Gasteiger partial charge in [-0.2, -0.15) is 0 Å². The SMILES string of the molecule is [C]#CC(Cl)Cl. The highest BCUT2D eigenvalue weighted by Gasteiger charge is 1.81. The van der Waals surface area contributed by atoms with E-state index in [9.17, 15) is 0 Å². The van der Waals surface area contributed by atoms with Crippen LogP contribution in [-0.4, -0.2) is 4.84 Å². The Labute approximate surface area is 41.1 Å². The van der Waals surface area contributed by atoms with Gasteiger partial charge in [0.05, 0.1) is 0 Å². The molecule has 0 aliphatic carbocycles. The molecule has 0 heterocycles. The van der Waals surface area contributed by atoms with Crippen molar-refractivity contribution < 1.29 is 0 Å². The van der Waals surface area contributed by atoms with E-state index in [-0.39, 0.29) is 0 Å². The van der Waals surface area contributed by atoms with Crippen molar-refractivity contribution in [2.75, 3.05) is 0 Å². The first-order valence-electron chi connectivity index (χ1n) is 0.975. The molecule has 0 saturated carbocycles. The molecule has 0 N–H and O–H groups in total. The Kier molecular flexibility index (Phi) is 2.45. The highest BCUT2D eigenvalue weighted by Crippen LogP contribution is 1.95. The van der Waals surface area contributed by atoms with Gasteiger partial charge in [0.2, 0.25) is 0 Å². The largest absolute Gasteiger partial charge is 0.168 e. The van der Waals surface area contributed by atoms with Gasteiger partial charge in [-0.15, -0.1) is 0 Å². The van der Waals surface area contributed by atoms with E-state index in [1.54, 1.807) is 0 Å². The zero-order valence-corrected chi connectivity index (χ0v) is 3.85. The summed E-state index contributed by atoms with van der Waals surface area (Å²) >= 11 is 9.86. The van der Waals surface area contributed by atoms with Gasteiger partial charge in [-0.3, -0.25) is 0 Å². The Morgan fingerprint density at radius 2 is 1.80 bits per heavy atom. The third-order valence-electron chi connectivity index (χ3n) is 0.109. The van der Waals surface area contributed by atoms with E-state index < -0.39 is 4.84 Å². The number of halogens is 2. The molecule has 0 aromatic carbocycles.